The second-order valence-electron chi connectivity index (χ2n) is 10.1. The van der Waals surface area contributed by atoms with Crippen molar-refractivity contribution in [2.24, 2.45) is 5.16 Å². The number of carbonyl (C=O) groups is 2. The maximum Gasteiger partial charge on any atom is 0.332 e. The zero-order valence-corrected chi connectivity index (χ0v) is 24.3. The molecule has 6 aromatic rings. The topological polar surface area (TPSA) is 80.9 Å². The molecule has 0 aliphatic heterocycles. The number of aliphatic hydroxyl groups excluding tert-OH is 1. The monoisotopic (exact) mass is 590 g/mol. The van der Waals surface area contributed by atoms with Crippen molar-refractivity contribution in [3.63, 3.8) is 0 Å². The van der Waals surface area contributed by atoms with Gasteiger partial charge in [0.2, 0.25) is 0 Å². The molecule has 8 heteroatoms. The van der Waals surface area contributed by atoms with Crippen molar-refractivity contribution < 1.29 is 23.9 Å². The number of thiophene rings is 1. The number of nitrogens with zero attached hydrogens (tertiary/aromatic N) is 2. The number of aromatic nitrogens is 1. The smallest absolute Gasteiger partial charge is 0.332 e. The molecule has 1 unspecified atom stereocenters. The van der Waals surface area contributed by atoms with Gasteiger partial charge in [0, 0.05) is 56.8 Å². The quantitative estimate of drug-likeness (QED) is 0.0855. The number of rotatable bonds is 8. The zero-order valence-electron chi connectivity index (χ0n) is 23.5. The van der Waals surface area contributed by atoms with E-state index in [1.165, 1.54) is 30.4 Å². The number of hydrogen-bond donors (Lipinski definition) is 1. The van der Waals surface area contributed by atoms with Crippen LogP contribution in [0.25, 0.3) is 21.8 Å². The van der Waals surface area contributed by atoms with E-state index in [4.69, 9.17) is 4.84 Å². The van der Waals surface area contributed by atoms with Crippen LogP contribution in [-0.2, 0) is 16.2 Å². The highest BCUT2D eigenvalue weighted by atomic mass is 32.1. The fourth-order valence-corrected chi connectivity index (χ4v) is 6.10. The average molecular weight is 591 g/mol. The minimum absolute atomic E-state index is 0.0683. The number of halogens is 1. The second-order valence-corrected chi connectivity index (χ2v) is 11.1. The Hall–Kier alpha value is -4.92. The van der Waals surface area contributed by atoms with Crippen molar-refractivity contribution >= 4 is 50.6 Å². The lowest BCUT2D eigenvalue weighted by Crippen LogP contribution is -2.06. The van der Waals surface area contributed by atoms with Crippen LogP contribution < -0.4 is 0 Å². The maximum absolute atomic E-state index is 15.3. The lowest BCUT2D eigenvalue weighted by molar-refractivity contribution is -0.140. The van der Waals surface area contributed by atoms with Crippen LogP contribution in [0.3, 0.4) is 0 Å². The van der Waals surface area contributed by atoms with Gasteiger partial charge in [-0.15, -0.1) is 11.3 Å². The van der Waals surface area contributed by atoms with Gasteiger partial charge in [-0.25, -0.2) is 9.18 Å². The van der Waals surface area contributed by atoms with Gasteiger partial charge in [0.05, 0.1) is 5.56 Å². The third-order valence-electron chi connectivity index (χ3n) is 7.40. The number of aryl methyl sites for hydroxylation is 1. The van der Waals surface area contributed by atoms with Gasteiger partial charge in [-0.3, -0.25) is 4.79 Å². The SMILES string of the molecule is CCn1c2ccc(C(=O)c3ccc(C(O)c4cccs4)cc3F)cc2c2cc(/C(=N/OC(C)=O)c3ccccc3)ccc21. The highest BCUT2D eigenvalue weighted by Gasteiger charge is 2.20. The molecule has 6 rings (SSSR count). The molecule has 214 valence electrons. The molecule has 0 fully saturated rings. The van der Waals surface area contributed by atoms with Gasteiger partial charge in [0.15, 0.2) is 5.78 Å². The molecule has 0 bridgehead atoms. The molecule has 1 atom stereocenters. The number of aliphatic hydroxyl groups is 1. The third-order valence-corrected chi connectivity index (χ3v) is 8.32. The molecule has 0 saturated heterocycles. The lowest BCUT2D eigenvalue weighted by Gasteiger charge is -2.11. The van der Waals surface area contributed by atoms with Crippen molar-refractivity contribution in [3.8, 4) is 0 Å². The van der Waals surface area contributed by atoms with Gasteiger partial charge in [0.25, 0.3) is 0 Å². The number of oxime groups is 1. The van der Waals surface area contributed by atoms with E-state index in [9.17, 15) is 14.7 Å². The lowest BCUT2D eigenvalue weighted by atomic mass is 9.97. The van der Waals surface area contributed by atoms with Crippen molar-refractivity contribution in [3.05, 3.63) is 141 Å². The molecule has 0 amide bonds. The van der Waals surface area contributed by atoms with Crippen LogP contribution in [0.2, 0.25) is 0 Å². The van der Waals surface area contributed by atoms with Gasteiger partial charge in [-0.1, -0.05) is 53.7 Å². The van der Waals surface area contributed by atoms with Crippen LogP contribution in [0.15, 0.2) is 108 Å². The Morgan fingerprint density at radius 2 is 1.58 bits per heavy atom. The molecular formula is C35H27FN2O4S. The number of ketones is 1. The van der Waals surface area contributed by atoms with Crippen LogP contribution in [-0.4, -0.2) is 27.1 Å². The van der Waals surface area contributed by atoms with Gasteiger partial charge in [-0.2, -0.15) is 0 Å². The van der Waals surface area contributed by atoms with E-state index in [1.807, 2.05) is 73.0 Å². The van der Waals surface area contributed by atoms with Crippen molar-refractivity contribution in [2.75, 3.05) is 0 Å². The first kappa shape index (κ1) is 28.2. The van der Waals surface area contributed by atoms with E-state index in [1.54, 1.807) is 24.3 Å². The summed E-state index contributed by atoms with van der Waals surface area (Å²) in [6.45, 7) is 4.04. The molecule has 4 aromatic carbocycles. The van der Waals surface area contributed by atoms with E-state index in [2.05, 4.69) is 9.72 Å². The summed E-state index contributed by atoms with van der Waals surface area (Å²) in [5.41, 5.74) is 4.56. The number of fused-ring (bicyclic) bond motifs is 3. The largest absolute Gasteiger partial charge is 0.383 e. The summed E-state index contributed by atoms with van der Waals surface area (Å²) in [5, 5.41) is 18.3. The fraction of sp³-hybridized carbons (Fsp3) is 0.114. The van der Waals surface area contributed by atoms with Crippen molar-refractivity contribution in [1.82, 2.24) is 4.57 Å². The Labute approximate surface area is 251 Å². The first-order valence-electron chi connectivity index (χ1n) is 13.8. The minimum atomic E-state index is -0.963. The third kappa shape index (κ3) is 5.38. The summed E-state index contributed by atoms with van der Waals surface area (Å²) >= 11 is 1.38. The Kier molecular flexibility index (Phi) is 7.71. The van der Waals surface area contributed by atoms with Gasteiger partial charge < -0.3 is 14.5 Å². The summed E-state index contributed by atoms with van der Waals surface area (Å²) in [4.78, 5) is 30.9. The Morgan fingerprint density at radius 3 is 2.21 bits per heavy atom. The normalized spacial score (nSPS) is 12.5. The summed E-state index contributed by atoms with van der Waals surface area (Å²) in [6, 6.07) is 28.5. The molecular weight excluding hydrogens is 563 g/mol. The molecule has 0 aliphatic carbocycles. The van der Waals surface area contributed by atoms with Crippen molar-refractivity contribution in [2.45, 2.75) is 26.5 Å². The van der Waals surface area contributed by atoms with Crippen LogP contribution in [0.1, 0.15) is 57.4 Å². The van der Waals surface area contributed by atoms with Gasteiger partial charge in [0.1, 0.15) is 17.6 Å². The Bertz CT molecular complexity index is 2010. The average Bonchev–Trinajstić information content (AvgIpc) is 3.67. The van der Waals surface area contributed by atoms with Crippen LogP contribution in [0.4, 0.5) is 4.39 Å². The molecule has 43 heavy (non-hydrogen) atoms. The maximum atomic E-state index is 15.3. The highest BCUT2D eigenvalue weighted by molar-refractivity contribution is 7.10. The molecule has 0 radical (unpaired) electrons. The first-order valence-corrected chi connectivity index (χ1v) is 14.7. The Morgan fingerprint density at radius 1 is 0.884 bits per heavy atom. The van der Waals surface area contributed by atoms with Crippen LogP contribution in [0.5, 0.6) is 0 Å². The first-order chi connectivity index (χ1) is 20.9. The fourth-order valence-electron chi connectivity index (χ4n) is 5.36. The van der Waals surface area contributed by atoms with E-state index >= 15 is 4.39 Å². The Balaban J connectivity index is 1.43. The van der Waals surface area contributed by atoms with Crippen LogP contribution in [0, 0.1) is 5.82 Å². The van der Waals surface area contributed by atoms with E-state index in [0.717, 1.165) is 32.9 Å². The van der Waals surface area contributed by atoms with Gasteiger partial charge >= 0.3 is 5.97 Å². The molecule has 0 saturated carbocycles. The second kappa shape index (κ2) is 11.8. The molecule has 2 aromatic heterocycles. The zero-order chi connectivity index (χ0) is 30.1. The summed E-state index contributed by atoms with van der Waals surface area (Å²) in [5.74, 6) is -1.67. The predicted octanol–water partition coefficient (Wildman–Crippen LogP) is 7.64. The standard InChI is InChI=1S/C35H27FN2O4S/c1-3-38-30-15-12-23(33(37-42-21(2)39)22-8-5-4-6-9-22)18-27(30)28-19-24(13-16-31(28)38)34(40)26-14-11-25(20-29(26)36)35(41)32-10-7-17-43-32/h4-20,35,41H,3H2,1-2H3/b37-33+. The molecule has 0 aliphatic rings. The highest BCUT2D eigenvalue weighted by Crippen LogP contribution is 2.33. The summed E-state index contributed by atoms with van der Waals surface area (Å²) in [7, 11) is 0. The minimum Gasteiger partial charge on any atom is -0.383 e. The van der Waals surface area contributed by atoms with E-state index < -0.39 is 23.7 Å². The van der Waals surface area contributed by atoms with E-state index in [0.29, 0.717) is 28.3 Å². The molecule has 2 heterocycles. The predicted molar refractivity (Wildman–Crippen MR) is 167 cm³/mol. The number of carbonyl (C=O) groups excluding carboxylic acids is 2. The molecule has 6 nitrogen and oxygen atoms in total. The summed E-state index contributed by atoms with van der Waals surface area (Å²) < 4.78 is 17.4. The number of hydrogen-bond acceptors (Lipinski definition) is 6. The van der Waals surface area contributed by atoms with Crippen molar-refractivity contribution in [1.29, 1.82) is 0 Å². The molecule has 1 N–H and O–H groups in total. The van der Waals surface area contributed by atoms with E-state index in [-0.39, 0.29) is 5.56 Å². The molecule has 0 spiro atoms. The summed E-state index contributed by atoms with van der Waals surface area (Å²) in [6.07, 6.45) is -0.963. The van der Waals surface area contributed by atoms with Crippen LogP contribution >= 0.6 is 11.3 Å². The van der Waals surface area contributed by atoms with Gasteiger partial charge in [-0.05, 0) is 66.4 Å². The number of benzene rings is 4.